The predicted molar refractivity (Wildman–Crippen MR) is 92.3 cm³/mol. The number of rotatable bonds is 15. The summed E-state index contributed by atoms with van der Waals surface area (Å²) in [6, 6.07) is 0. The van der Waals surface area contributed by atoms with Crippen LogP contribution < -0.4 is 10.6 Å². The summed E-state index contributed by atoms with van der Waals surface area (Å²) in [5.74, 6) is -0.132. The Morgan fingerprint density at radius 1 is 1.08 bits per heavy atom. The van der Waals surface area contributed by atoms with Crippen LogP contribution in [-0.4, -0.2) is 69.5 Å². The Balaban J connectivity index is 3.25. The highest BCUT2D eigenvalue weighted by Crippen LogP contribution is 1.94. The minimum Gasteiger partial charge on any atom is -0.381 e. The monoisotopic (exact) mass is 368 g/mol. The predicted octanol–water partition coefficient (Wildman–Crippen LogP) is 1.32. The maximum atomic E-state index is 13.2. The van der Waals surface area contributed by atoms with Gasteiger partial charge in [-0.1, -0.05) is 12.6 Å². The largest absolute Gasteiger partial charge is 0.381 e. The molecule has 0 aromatic carbocycles. The molecule has 1 unspecified atom stereocenters. The first-order valence-electron chi connectivity index (χ1n) is 8.06. The van der Waals surface area contributed by atoms with Crippen molar-refractivity contribution in [3.63, 3.8) is 0 Å². The molecular weight excluding hydrogens is 339 g/mol. The highest BCUT2D eigenvalue weighted by atomic mass is 32.1. The topological polar surface area (TPSA) is 85.9 Å². The van der Waals surface area contributed by atoms with E-state index in [9.17, 15) is 14.0 Å². The van der Waals surface area contributed by atoms with Gasteiger partial charge in [-0.05, 0) is 26.7 Å². The first-order valence-corrected chi connectivity index (χ1v) is 8.51. The molecule has 0 aromatic rings. The second-order valence-electron chi connectivity index (χ2n) is 5.39. The number of carbonyl (C=O) groups excluding carboxylic acids is 2. The van der Waals surface area contributed by atoms with Crippen LogP contribution in [0.1, 0.15) is 26.7 Å². The van der Waals surface area contributed by atoms with Crippen molar-refractivity contribution in [3.8, 4) is 0 Å². The average Bonchev–Trinajstić information content (AvgIpc) is 2.52. The van der Waals surface area contributed by atoms with E-state index in [0.717, 1.165) is 0 Å². The number of nitrogens with one attached hydrogen (secondary N) is 2. The standard InChI is InChI=1S/C15H29FN2O5S/c1-12(2)23-11-14(19)17-5-3-6-21-7-4-8-22-10-13(16)9-18-15(20)24/h12-13H,3-11H2,1-2H3,(H,17,19)(H2,18,20,24). The summed E-state index contributed by atoms with van der Waals surface area (Å²) in [5.41, 5.74) is 0. The Bertz CT molecular complexity index is 348. The van der Waals surface area contributed by atoms with Gasteiger partial charge in [-0.15, -0.1) is 0 Å². The van der Waals surface area contributed by atoms with E-state index in [-0.39, 0.29) is 31.8 Å². The molecule has 0 saturated carbocycles. The molecule has 0 fully saturated rings. The lowest BCUT2D eigenvalue weighted by atomic mass is 10.4. The molecule has 0 spiro atoms. The number of ether oxygens (including phenoxy) is 3. The Hall–Kier alpha value is -0.900. The lowest BCUT2D eigenvalue weighted by molar-refractivity contribution is -0.127. The maximum Gasteiger partial charge on any atom is 0.276 e. The van der Waals surface area contributed by atoms with Gasteiger partial charge in [-0.2, -0.15) is 0 Å². The van der Waals surface area contributed by atoms with Crippen LogP contribution in [0.4, 0.5) is 9.18 Å². The summed E-state index contributed by atoms with van der Waals surface area (Å²) in [6.07, 6.45) is 0.158. The van der Waals surface area contributed by atoms with Crippen molar-refractivity contribution >= 4 is 23.8 Å². The average molecular weight is 368 g/mol. The van der Waals surface area contributed by atoms with E-state index in [4.69, 9.17) is 14.2 Å². The molecular formula is C15H29FN2O5S. The Morgan fingerprint density at radius 3 is 2.42 bits per heavy atom. The zero-order valence-electron chi connectivity index (χ0n) is 14.4. The minimum atomic E-state index is -1.25. The van der Waals surface area contributed by atoms with Crippen molar-refractivity contribution in [3.05, 3.63) is 0 Å². The zero-order valence-corrected chi connectivity index (χ0v) is 15.3. The fourth-order valence-electron chi connectivity index (χ4n) is 1.53. The van der Waals surface area contributed by atoms with Crippen LogP contribution in [-0.2, 0) is 19.0 Å². The smallest absolute Gasteiger partial charge is 0.276 e. The van der Waals surface area contributed by atoms with E-state index in [1.165, 1.54) is 0 Å². The maximum absolute atomic E-state index is 13.2. The Morgan fingerprint density at radius 2 is 1.75 bits per heavy atom. The molecule has 142 valence electrons. The van der Waals surface area contributed by atoms with Gasteiger partial charge < -0.3 is 24.8 Å². The van der Waals surface area contributed by atoms with Crippen molar-refractivity contribution in [2.75, 3.05) is 46.1 Å². The number of carbonyl (C=O) groups is 2. The van der Waals surface area contributed by atoms with Gasteiger partial charge in [0.05, 0.1) is 19.3 Å². The third-order valence-electron chi connectivity index (χ3n) is 2.69. The van der Waals surface area contributed by atoms with Crippen molar-refractivity contribution in [2.45, 2.75) is 39.0 Å². The van der Waals surface area contributed by atoms with Gasteiger partial charge in [0.25, 0.3) is 5.24 Å². The fraction of sp³-hybridized carbons (Fsp3) is 0.867. The summed E-state index contributed by atoms with van der Waals surface area (Å²) < 4.78 is 28.9. The second kappa shape index (κ2) is 15.6. The third kappa shape index (κ3) is 17.5. The molecule has 9 heteroatoms. The summed E-state index contributed by atoms with van der Waals surface area (Å²) >= 11 is 3.47. The van der Waals surface area contributed by atoms with Crippen LogP contribution in [0.25, 0.3) is 0 Å². The van der Waals surface area contributed by atoms with E-state index < -0.39 is 11.4 Å². The van der Waals surface area contributed by atoms with Gasteiger partial charge in [-0.25, -0.2) is 4.39 Å². The number of hydrogen-bond acceptors (Lipinski definition) is 5. The quantitative estimate of drug-likeness (QED) is 0.300. The molecule has 0 aliphatic rings. The normalized spacial score (nSPS) is 12.2. The third-order valence-corrected chi connectivity index (χ3v) is 2.84. The molecule has 0 bridgehead atoms. The van der Waals surface area contributed by atoms with Crippen molar-refractivity contribution in [2.24, 2.45) is 0 Å². The number of amides is 2. The fourth-order valence-corrected chi connectivity index (χ4v) is 1.62. The van der Waals surface area contributed by atoms with Gasteiger partial charge in [-0.3, -0.25) is 9.59 Å². The molecule has 0 aromatic heterocycles. The number of thiol groups is 1. The minimum absolute atomic E-state index is 0.0377. The van der Waals surface area contributed by atoms with Gasteiger partial charge in [0.2, 0.25) is 5.91 Å². The number of halogens is 1. The molecule has 2 amide bonds. The molecule has 0 aliphatic carbocycles. The van der Waals surface area contributed by atoms with Gasteiger partial charge >= 0.3 is 0 Å². The molecule has 0 heterocycles. The van der Waals surface area contributed by atoms with E-state index in [2.05, 4.69) is 23.3 Å². The van der Waals surface area contributed by atoms with Crippen molar-refractivity contribution in [1.82, 2.24) is 10.6 Å². The molecule has 0 saturated heterocycles. The van der Waals surface area contributed by atoms with Crippen LogP contribution in [0.3, 0.4) is 0 Å². The van der Waals surface area contributed by atoms with Crippen molar-refractivity contribution < 1.29 is 28.2 Å². The molecule has 2 N–H and O–H groups in total. The van der Waals surface area contributed by atoms with E-state index in [1.807, 2.05) is 13.8 Å². The van der Waals surface area contributed by atoms with Gasteiger partial charge in [0.1, 0.15) is 12.8 Å². The number of hydrogen-bond donors (Lipinski definition) is 3. The summed E-state index contributed by atoms with van der Waals surface area (Å²) in [6.45, 7) is 5.61. The first kappa shape index (κ1) is 23.1. The Kier molecular flexibility index (Phi) is 15.0. The lowest BCUT2D eigenvalue weighted by Gasteiger charge is -2.10. The lowest BCUT2D eigenvalue weighted by Crippen LogP contribution is -2.30. The van der Waals surface area contributed by atoms with Crippen molar-refractivity contribution in [1.29, 1.82) is 0 Å². The van der Waals surface area contributed by atoms with Crippen LogP contribution >= 0.6 is 12.6 Å². The molecule has 24 heavy (non-hydrogen) atoms. The summed E-state index contributed by atoms with van der Waals surface area (Å²) in [4.78, 5) is 21.8. The van der Waals surface area contributed by atoms with Crippen LogP contribution in [0, 0.1) is 0 Å². The van der Waals surface area contributed by atoms with E-state index in [0.29, 0.717) is 39.2 Å². The second-order valence-corrected chi connectivity index (χ2v) is 5.79. The SMILES string of the molecule is CC(C)OCC(=O)NCCCOCCCOCC(F)CNC(=O)S. The zero-order chi connectivity index (χ0) is 18.2. The highest BCUT2D eigenvalue weighted by Gasteiger charge is 2.07. The number of alkyl halides is 1. The molecule has 7 nitrogen and oxygen atoms in total. The van der Waals surface area contributed by atoms with Crippen LogP contribution in [0.5, 0.6) is 0 Å². The van der Waals surface area contributed by atoms with Crippen LogP contribution in [0.15, 0.2) is 0 Å². The first-order chi connectivity index (χ1) is 11.4. The molecule has 0 aliphatic heterocycles. The van der Waals surface area contributed by atoms with E-state index in [1.54, 1.807) is 0 Å². The molecule has 0 radical (unpaired) electrons. The molecule has 1 atom stereocenters. The van der Waals surface area contributed by atoms with Gasteiger partial charge in [0.15, 0.2) is 0 Å². The van der Waals surface area contributed by atoms with E-state index >= 15 is 0 Å². The Labute approximate surface area is 148 Å². The molecule has 0 rings (SSSR count). The van der Waals surface area contributed by atoms with Crippen LogP contribution in [0.2, 0.25) is 0 Å². The summed E-state index contributed by atoms with van der Waals surface area (Å²) in [7, 11) is 0. The summed E-state index contributed by atoms with van der Waals surface area (Å²) in [5, 5.41) is 4.43. The van der Waals surface area contributed by atoms with Gasteiger partial charge in [0, 0.05) is 26.4 Å². The highest BCUT2D eigenvalue weighted by molar-refractivity contribution is 7.96.